The van der Waals surface area contributed by atoms with Crippen LogP contribution in [0.4, 0.5) is 10.3 Å². The Bertz CT molecular complexity index is 572. The number of nitrogens with one attached hydrogen (secondary N) is 1. The first-order valence-electron chi connectivity index (χ1n) is 5.44. The molecule has 0 radical (unpaired) electrons. The van der Waals surface area contributed by atoms with E-state index >= 15 is 0 Å². The van der Waals surface area contributed by atoms with Crippen molar-refractivity contribution in [3.05, 3.63) is 41.5 Å². The normalized spacial score (nSPS) is 9.90. The molecule has 2 rings (SSSR count). The molecule has 0 fully saturated rings. The maximum atomic E-state index is 12.9. The number of hydrazone groups is 1. The first kappa shape index (κ1) is 18.1. The van der Waals surface area contributed by atoms with Crippen LogP contribution < -0.4 is 11.3 Å². The van der Waals surface area contributed by atoms with E-state index in [0.717, 1.165) is 0 Å². The van der Waals surface area contributed by atoms with Gasteiger partial charge in [-0.25, -0.2) is 14.5 Å². The van der Waals surface area contributed by atoms with Gasteiger partial charge in [-0.05, 0) is 17.7 Å². The van der Waals surface area contributed by atoms with Crippen LogP contribution in [0.3, 0.4) is 0 Å². The molecule has 0 unspecified atom stereocenters. The molecule has 2 aromatic rings. The lowest BCUT2D eigenvalue weighted by Gasteiger charge is -2.00. The molecule has 6 nitrogen and oxygen atoms in total. The van der Waals surface area contributed by atoms with Crippen LogP contribution in [-0.2, 0) is 6.42 Å². The molecule has 0 aliphatic heterocycles. The van der Waals surface area contributed by atoms with Gasteiger partial charge in [0.05, 0.1) is 6.21 Å². The summed E-state index contributed by atoms with van der Waals surface area (Å²) in [5, 5.41) is 11.6. The molecule has 1 aromatic carbocycles. The SMILES string of the molecule is CCc1nnc(NN=Cc2cccc(F)c2)n1N.Cl.Cl. The van der Waals surface area contributed by atoms with Crippen LogP contribution in [0.1, 0.15) is 18.3 Å². The van der Waals surface area contributed by atoms with Gasteiger partial charge in [0.25, 0.3) is 5.95 Å². The number of hydrogen-bond donors (Lipinski definition) is 2. The monoisotopic (exact) mass is 320 g/mol. The van der Waals surface area contributed by atoms with Crippen molar-refractivity contribution in [3.63, 3.8) is 0 Å². The Hall–Kier alpha value is -1.86. The van der Waals surface area contributed by atoms with Crippen molar-refractivity contribution in [1.29, 1.82) is 0 Å². The first-order valence-corrected chi connectivity index (χ1v) is 5.44. The van der Waals surface area contributed by atoms with Gasteiger partial charge >= 0.3 is 0 Å². The smallest absolute Gasteiger partial charge is 0.263 e. The standard InChI is InChI=1S/C11H13FN6.2ClH/c1-2-10-15-17-11(18(10)13)16-14-7-8-4-3-5-9(12)6-8;;/h3-7H,2,13H2,1H3,(H,16,17);2*1H. The Kier molecular flexibility index (Phi) is 7.56. The Balaban J connectivity index is 0.00000180. The van der Waals surface area contributed by atoms with Gasteiger partial charge in [0, 0.05) is 6.42 Å². The van der Waals surface area contributed by atoms with Crippen molar-refractivity contribution >= 4 is 37.0 Å². The molecule has 0 saturated heterocycles. The summed E-state index contributed by atoms with van der Waals surface area (Å²) in [6.45, 7) is 1.92. The Morgan fingerprint density at radius 2 is 2.15 bits per heavy atom. The highest BCUT2D eigenvalue weighted by Gasteiger charge is 2.05. The zero-order chi connectivity index (χ0) is 13.0. The Labute approximate surface area is 128 Å². The summed E-state index contributed by atoms with van der Waals surface area (Å²) >= 11 is 0. The minimum atomic E-state index is -0.311. The summed E-state index contributed by atoms with van der Waals surface area (Å²) in [7, 11) is 0. The van der Waals surface area contributed by atoms with Crippen LogP contribution in [0, 0.1) is 5.82 Å². The predicted octanol–water partition coefficient (Wildman–Crippen LogP) is 1.98. The third-order valence-corrected chi connectivity index (χ3v) is 2.31. The highest BCUT2D eigenvalue weighted by Crippen LogP contribution is 2.04. The average molecular weight is 321 g/mol. The number of hydrogen-bond acceptors (Lipinski definition) is 5. The molecule has 0 aliphatic rings. The van der Waals surface area contributed by atoms with Gasteiger partial charge in [0.15, 0.2) is 5.82 Å². The number of nitrogens with zero attached hydrogens (tertiary/aromatic N) is 4. The average Bonchev–Trinajstić information content (AvgIpc) is 2.71. The zero-order valence-corrected chi connectivity index (χ0v) is 12.3. The molecular formula is C11H15Cl2FN6. The molecule has 0 amide bonds. The summed E-state index contributed by atoms with van der Waals surface area (Å²) in [4.78, 5) is 0. The fourth-order valence-corrected chi connectivity index (χ4v) is 1.39. The van der Waals surface area contributed by atoms with Crippen LogP contribution in [-0.4, -0.2) is 21.1 Å². The van der Waals surface area contributed by atoms with Crippen molar-refractivity contribution in [2.24, 2.45) is 5.10 Å². The van der Waals surface area contributed by atoms with Gasteiger partial charge in [-0.15, -0.1) is 35.0 Å². The van der Waals surface area contributed by atoms with E-state index in [9.17, 15) is 4.39 Å². The summed E-state index contributed by atoms with van der Waals surface area (Å²) in [5.74, 6) is 6.39. The van der Waals surface area contributed by atoms with E-state index in [1.54, 1.807) is 12.1 Å². The third-order valence-electron chi connectivity index (χ3n) is 2.31. The van der Waals surface area contributed by atoms with Crippen LogP contribution in [0.5, 0.6) is 0 Å². The molecule has 110 valence electrons. The van der Waals surface area contributed by atoms with Gasteiger partial charge in [0.1, 0.15) is 5.82 Å². The lowest BCUT2D eigenvalue weighted by molar-refractivity contribution is 0.627. The van der Waals surface area contributed by atoms with Crippen molar-refractivity contribution in [2.75, 3.05) is 11.3 Å². The Morgan fingerprint density at radius 1 is 1.40 bits per heavy atom. The molecule has 20 heavy (non-hydrogen) atoms. The van der Waals surface area contributed by atoms with E-state index in [4.69, 9.17) is 5.84 Å². The van der Waals surface area contributed by atoms with E-state index in [2.05, 4.69) is 20.7 Å². The zero-order valence-electron chi connectivity index (χ0n) is 10.7. The van der Waals surface area contributed by atoms with Crippen LogP contribution in [0.2, 0.25) is 0 Å². The quantitative estimate of drug-likeness (QED) is 0.513. The molecule has 0 saturated carbocycles. The summed E-state index contributed by atoms with van der Waals surface area (Å²) < 4.78 is 14.2. The van der Waals surface area contributed by atoms with Crippen molar-refractivity contribution in [1.82, 2.24) is 14.9 Å². The number of aromatic nitrogens is 3. The van der Waals surface area contributed by atoms with E-state index in [1.807, 2.05) is 6.92 Å². The number of nitrogens with two attached hydrogens (primary N) is 1. The molecule has 0 spiro atoms. The van der Waals surface area contributed by atoms with E-state index < -0.39 is 0 Å². The van der Waals surface area contributed by atoms with Crippen molar-refractivity contribution in [3.8, 4) is 0 Å². The fraction of sp³-hybridized carbons (Fsp3) is 0.182. The highest BCUT2D eigenvalue weighted by atomic mass is 35.5. The van der Waals surface area contributed by atoms with Crippen LogP contribution in [0.15, 0.2) is 29.4 Å². The van der Waals surface area contributed by atoms with E-state index in [0.29, 0.717) is 23.8 Å². The third kappa shape index (κ3) is 4.36. The molecule has 0 atom stereocenters. The maximum absolute atomic E-state index is 12.9. The van der Waals surface area contributed by atoms with Crippen molar-refractivity contribution < 1.29 is 4.39 Å². The molecular weight excluding hydrogens is 306 g/mol. The van der Waals surface area contributed by atoms with E-state index in [1.165, 1.54) is 23.0 Å². The number of anilines is 1. The number of halogens is 3. The molecule has 3 N–H and O–H groups in total. The topological polar surface area (TPSA) is 81.1 Å². The number of aryl methyl sites for hydroxylation is 1. The van der Waals surface area contributed by atoms with Gasteiger partial charge < -0.3 is 5.84 Å². The second-order valence-electron chi connectivity index (χ2n) is 3.59. The maximum Gasteiger partial charge on any atom is 0.263 e. The van der Waals surface area contributed by atoms with E-state index in [-0.39, 0.29) is 30.6 Å². The number of rotatable bonds is 4. The minimum absolute atomic E-state index is 0. The number of nitrogen functional groups attached to an aromatic ring is 1. The van der Waals surface area contributed by atoms with Crippen LogP contribution in [0.25, 0.3) is 0 Å². The minimum Gasteiger partial charge on any atom is -0.335 e. The lowest BCUT2D eigenvalue weighted by atomic mass is 10.2. The molecule has 9 heteroatoms. The first-order chi connectivity index (χ1) is 8.70. The summed E-state index contributed by atoms with van der Waals surface area (Å²) in [6, 6.07) is 6.08. The van der Waals surface area contributed by atoms with Gasteiger partial charge in [-0.1, -0.05) is 19.1 Å². The lowest BCUT2D eigenvalue weighted by Crippen LogP contribution is -2.14. The molecule has 0 aliphatic carbocycles. The number of benzene rings is 1. The van der Waals surface area contributed by atoms with Gasteiger partial charge in [-0.2, -0.15) is 5.10 Å². The van der Waals surface area contributed by atoms with Gasteiger partial charge in [0.2, 0.25) is 0 Å². The summed E-state index contributed by atoms with van der Waals surface area (Å²) in [5.41, 5.74) is 3.29. The summed E-state index contributed by atoms with van der Waals surface area (Å²) in [6.07, 6.45) is 2.15. The predicted molar refractivity (Wildman–Crippen MR) is 81.7 cm³/mol. The van der Waals surface area contributed by atoms with Crippen molar-refractivity contribution in [2.45, 2.75) is 13.3 Å². The highest BCUT2D eigenvalue weighted by molar-refractivity contribution is 5.85. The Morgan fingerprint density at radius 3 is 2.75 bits per heavy atom. The van der Waals surface area contributed by atoms with Gasteiger partial charge in [-0.3, -0.25) is 0 Å². The fourth-order valence-electron chi connectivity index (χ4n) is 1.39. The second-order valence-corrected chi connectivity index (χ2v) is 3.59. The molecule has 1 aromatic heterocycles. The molecule has 0 bridgehead atoms. The largest absolute Gasteiger partial charge is 0.335 e. The molecule has 1 heterocycles. The second kappa shape index (κ2) is 8.34. The van der Waals surface area contributed by atoms with Crippen LogP contribution >= 0.6 is 24.8 Å².